The minimum atomic E-state index is -0.289. The topological polar surface area (TPSA) is 99.7 Å². The average molecular weight is 380 g/mol. The lowest BCUT2D eigenvalue weighted by Crippen LogP contribution is -2.41. The Hall–Kier alpha value is -3.52. The number of aromatic amines is 1. The van der Waals surface area contributed by atoms with Crippen LogP contribution in [-0.4, -0.2) is 41.3 Å². The van der Waals surface area contributed by atoms with Gasteiger partial charge in [-0.2, -0.15) is 5.10 Å². The molecule has 3 N–H and O–H groups in total. The highest BCUT2D eigenvalue weighted by atomic mass is 16.7. The van der Waals surface area contributed by atoms with Crippen LogP contribution in [0.2, 0.25) is 0 Å². The van der Waals surface area contributed by atoms with Gasteiger partial charge in [0.2, 0.25) is 6.79 Å². The monoisotopic (exact) mass is 380 g/mol. The van der Waals surface area contributed by atoms with Crippen LogP contribution in [0.5, 0.6) is 11.5 Å². The van der Waals surface area contributed by atoms with Crippen molar-refractivity contribution >= 4 is 11.7 Å². The third-order valence-corrected chi connectivity index (χ3v) is 4.46. The van der Waals surface area contributed by atoms with Crippen LogP contribution >= 0.6 is 0 Å². The van der Waals surface area contributed by atoms with Gasteiger partial charge in [0.15, 0.2) is 11.5 Å². The summed E-state index contributed by atoms with van der Waals surface area (Å²) in [5.74, 6) is 1.38. The van der Waals surface area contributed by atoms with Crippen molar-refractivity contribution in [1.82, 2.24) is 15.5 Å². The van der Waals surface area contributed by atoms with Crippen LogP contribution in [0.25, 0.3) is 11.1 Å². The average Bonchev–Trinajstić information content (AvgIpc) is 3.42. The maximum atomic E-state index is 12.7. The quantitative estimate of drug-likeness (QED) is 0.610. The summed E-state index contributed by atoms with van der Waals surface area (Å²) in [4.78, 5) is 14.2. The summed E-state index contributed by atoms with van der Waals surface area (Å²) in [6, 6.07) is 12.8. The first-order chi connectivity index (χ1) is 13.7. The fourth-order valence-electron chi connectivity index (χ4n) is 3.01. The van der Waals surface area contributed by atoms with Gasteiger partial charge in [0.25, 0.3) is 0 Å². The molecule has 1 aliphatic heterocycles. The van der Waals surface area contributed by atoms with E-state index in [0.29, 0.717) is 23.7 Å². The number of H-pyrrole nitrogens is 1. The molecule has 2 amide bonds. The van der Waals surface area contributed by atoms with Crippen LogP contribution in [0, 0.1) is 0 Å². The number of carbonyl (C=O) groups excluding carboxylic acids is 1. The number of nitrogens with one attached hydrogen (secondary N) is 2. The minimum absolute atomic E-state index is 0.138. The molecule has 4 rings (SSSR count). The van der Waals surface area contributed by atoms with Crippen molar-refractivity contribution in [3.63, 3.8) is 0 Å². The van der Waals surface area contributed by atoms with E-state index in [1.807, 2.05) is 42.5 Å². The highest BCUT2D eigenvalue weighted by Crippen LogP contribution is 2.32. The second-order valence-corrected chi connectivity index (χ2v) is 6.26. The first-order valence-corrected chi connectivity index (χ1v) is 8.88. The van der Waals surface area contributed by atoms with E-state index < -0.39 is 0 Å². The summed E-state index contributed by atoms with van der Waals surface area (Å²) in [5.41, 5.74) is 3.55. The largest absolute Gasteiger partial charge is 0.454 e. The smallest absolute Gasteiger partial charge is 0.322 e. The third kappa shape index (κ3) is 3.77. The molecule has 28 heavy (non-hydrogen) atoms. The van der Waals surface area contributed by atoms with E-state index in [0.717, 1.165) is 16.7 Å². The number of carbonyl (C=O) groups is 1. The molecule has 1 aliphatic rings. The van der Waals surface area contributed by atoms with Gasteiger partial charge in [-0.1, -0.05) is 18.2 Å². The molecule has 2 heterocycles. The molecule has 8 heteroatoms. The SMILES string of the molecule is O=C(NCc1ccc2c(c1)OCO2)N(CCO)c1ccc(-c2cn[nH]c2)cc1. The summed E-state index contributed by atoms with van der Waals surface area (Å²) in [7, 11) is 0. The molecule has 0 fully saturated rings. The molecule has 1 aromatic heterocycles. The molecule has 144 valence electrons. The Morgan fingerprint density at radius 3 is 2.71 bits per heavy atom. The summed E-state index contributed by atoms with van der Waals surface area (Å²) in [6.45, 7) is 0.605. The lowest BCUT2D eigenvalue weighted by atomic mass is 10.1. The molecule has 0 saturated heterocycles. The van der Waals surface area contributed by atoms with Crippen LogP contribution < -0.4 is 19.7 Å². The number of anilines is 1. The Morgan fingerprint density at radius 1 is 1.14 bits per heavy atom. The number of aliphatic hydroxyl groups is 1. The standard InChI is InChI=1S/C20H20N4O4/c25-8-7-24(17-4-2-15(3-5-17)16-11-22-23-12-16)20(26)21-10-14-1-6-18-19(9-14)28-13-27-18/h1-6,9,11-12,25H,7-8,10,13H2,(H,21,26)(H,22,23). The van der Waals surface area contributed by atoms with E-state index in [9.17, 15) is 9.90 Å². The van der Waals surface area contributed by atoms with Crippen LogP contribution in [0.15, 0.2) is 54.9 Å². The number of amides is 2. The Morgan fingerprint density at radius 2 is 1.96 bits per heavy atom. The van der Waals surface area contributed by atoms with Gasteiger partial charge in [-0.15, -0.1) is 0 Å². The van der Waals surface area contributed by atoms with Crippen LogP contribution in [-0.2, 0) is 6.54 Å². The van der Waals surface area contributed by atoms with E-state index >= 15 is 0 Å². The lowest BCUT2D eigenvalue weighted by molar-refractivity contribution is 0.174. The van der Waals surface area contributed by atoms with Gasteiger partial charge in [0.05, 0.1) is 19.3 Å². The van der Waals surface area contributed by atoms with Gasteiger partial charge < -0.3 is 19.9 Å². The second-order valence-electron chi connectivity index (χ2n) is 6.26. The fourth-order valence-corrected chi connectivity index (χ4v) is 3.01. The Kier molecular flexibility index (Phi) is 5.11. The van der Waals surface area contributed by atoms with Gasteiger partial charge in [0.1, 0.15) is 0 Å². The molecule has 0 radical (unpaired) electrons. The molecule has 8 nitrogen and oxygen atoms in total. The summed E-state index contributed by atoms with van der Waals surface area (Å²) >= 11 is 0. The van der Waals surface area contributed by atoms with Gasteiger partial charge in [-0.25, -0.2) is 4.79 Å². The summed E-state index contributed by atoms with van der Waals surface area (Å²) < 4.78 is 10.6. The zero-order chi connectivity index (χ0) is 19.3. The number of rotatable bonds is 6. The zero-order valence-electron chi connectivity index (χ0n) is 15.1. The molecular formula is C20H20N4O4. The van der Waals surface area contributed by atoms with Gasteiger partial charge in [0, 0.05) is 24.0 Å². The molecule has 2 aromatic carbocycles. The first kappa shape index (κ1) is 17.9. The van der Waals surface area contributed by atoms with Gasteiger partial charge in [-0.05, 0) is 35.4 Å². The van der Waals surface area contributed by atoms with E-state index in [2.05, 4.69) is 15.5 Å². The van der Waals surface area contributed by atoms with Crippen molar-refractivity contribution in [3.05, 3.63) is 60.4 Å². The highest BCUT2D eigenvalue weighted by Gasteiger charge is 2.17. The van der Waals surface area contributed by atoms with Crippen LogP contribution in [0.4, 0.5) is 10.5 Å². The maximum absolute atomic E-state index is 12.7. The fraction of sp³-hybridized carbons (Fsp3) is 0.200. The van der Waals surface area contributed by atoms with Crippen molar-refractivity contribution in [3.8, 4) is 22.6 Å². The number of aliphatic hydroxyl groups excluding tert-OH is 1. The maximum Gasteiger partial charge on any atom is 0.322 e. The Balaban J connectivity index is 1.44. The third-order valence-electron chi connectivity index (χ3n) is 4.46. The number of nitrogens with zero attached hydrogens (tertiary/aromatic N) is 2. The molecule has 0 saturated carbocycles. The number of fused-ring (bicyclic) bond motifs is 1. The minimum Gasteiger partial charge on any atom is -0.454 e. The molecule has 3 aromatic rings. The predicted octanol–water partition coefficient (Wildman–Crippen LogP) is 2.51. The van der Waals surface area contributed by atoms with Crippen molar-refractivity contribution < 1.29 is 19.4 Å². The van der Waals surface area contributed by atoms with E-state index in [4.69, 9.17) is 9.47 Å². The number of benzene rings is 2. The second kappa shape index (κ2) is 8.01. The molecule has 0 aliphatic carbocycles. The molecule has 0 bridgehead atoms. The molecule has 0 spiro atoms. The van der Waals surface area contributed by atoms with E-state index in [1.165, 1.54) is 4.90 Å². The van der Waals surface area contributed by atoms with E-state index in [-0.39, 0.29) is 26.0 Å². The highest BCUT2D eigenvalue weighted by molar-refractivity contribution is 5.92. The van der Waals surface area contributed by atoms with Crippen molar-refractivity contribution in [2.24, 2.45) is 0 Å². The first-order valence-electron chi connectivity index (χ1n) is 8.88. The normalized spacial score (nSPS) is 12.0. The lowest BCUT2D eigenvalue weighted by Gasteiger charge is -2.22. The number of hydrogen-bond donors (Lipinski definition) is 3. The van der Waals surface area contributed by atoms with Crippen LogP contribution in [0.3, 0.4) is 0 Å². The summed E-state index contributed by atoms with van der Waals surface area (Å²) in [6.07, 6.45) is 3.54. The number of hydrogen-bond acceptors (Lipinski definition) is 5. The van der Waals surface area contributed by atoms with E-state index in [1.54, 1.807) is 12.4 Å². The van der Waals surface area contributed by atoms with Gasteiger partial charge >= 0.3 is 6.03 Å². The zero-order valence-corrected chi connectivity index (χ0v) is 15.1. The van der Waals surface area contributed by atoms with Crippen molar-refractivity contribution in [1.29, 1.82) is 0 Å². The summed E-state index contributed by atoms with van der Waals surface area (Å²) in [5, 5.41) is 19.0. The van der Waals surface area contributed by atoms with Crippen LogP contribution in [0.1, 0.15) is 5.56 Å². The predicted molar refractivity (Wildman–Crippen MR) is 103 cm³/mol. The van der Waals surface area contributed by atoms with Crippen molar-refractivity contribution in [2.45, 2.75) is 6.54 Å². The van der Waals surface area contributed by atoms with Crippen molar-refractivity contribution in [2.75, 3.05) is 24.8 Å². The Bertz CT molecular complexity index is 941. The number of ether oxygens (including phenoxy) is 2. The van der Waals surface area contributed by atoms with Gasteiger partial charge in [-0.3, -0.25) is 10.00 Å². The Labute approximate surface area is 161 Å². The number of aromatic nitrogens is 2. The number of urea groups is 1. The molecular weight excluding hydrogens is 360 g/mol. The molecule has 0 atom stereocenters. The molecule has 0 unspecified atom stereocenters.